The smallest absolute Gasteiger partial charge is 0.303 e. The maximum Gasteiger partial charge on any atom is 0.303 e. The molecule has 1 rings (SSSR count). The second-order valence-corrected chi connectivity index (χ2v) is 7.11. The fourth-order valence-electron chi connectivity index (χ4n) is 3.24. The van der Waals surface area contributed by atoms with Crippen molar-refractivity contribution in [3.05, 3.63) is 24.3 Å². The van der Waals surface area contributed by atoms with E-state index >= 15 is 0 Å². The number of allylic oxidation sites excluding steroid dienone is 3. The quantitative estimate of drug-likeness (QED) is 0.320. The highest BCUT2D eigenvalue weighted by Gasteiger charge is 2.32. The van der Waals surface area contributed by atoms with Gasteiger partial charge in [-0.05, 0) is 64.2 Å². The van der Waals surface area contributed by atoms with E-state index in [0.717, 1.165) is 25.7 Å². The second-order valence-electron chi connectivity index (χ2n) is 7.11. The molecule has 0 aromatic carbocycles. The topological polar surface area (TPSA) is 77.8 Å². The van der Waals surface area contributed by atoms with Crippen molar-refractivity contribution in [2.24, 2.45) is 11.8 Å². The van der Waals surface area contributed by atoms with Gasteiger partial charge in [-0.25, -0.2) is 0 Å². The third-order valence-corrected chi connectivity index (χ3v) is 4.81. The van der Waals surface area contributed by atoms with Gasteiger partial charge >= 0.3 is 5.97 Å². The van der Waals surface area contributed by atoms with Crippen molar-refractivity contribution in [3.63, 3.8) is 0 Å². The predicted molar refractivity (Wildman–Crippen MR) is 99.9 cm³/mol. The van der Waals surface area contributed by atoms with Crippen LogP contribution < -0.4 is 0 Å². The van der Waals surface area contributed by atoms with Crippen molar-refractivity contribution in [3.8, 4) is 11.8 Å². The minimum Gasteiger partial charge on any atom is -0.481 e. The Morgan fingerprint density at radius 3 is 2.76 bits per heavy atom. The maximum atomic E-state index is 10.5. The van der Waals surface area contributed by atoms with Crippen molar-refractivity contribution in [2.45, 2.75) is 76.9 Å². The van der Waals surface area contributed by atoms with E-state index in [1.165, 1.54) is 0 Å². The van der Waals surface area contributed by atoms with Crippen LogP contribution in [0.3, 0.4) is 0 Å². The van der Waals surface area contributed by atoms with E-state index in [1.807, 2.05) is 12.2 Å². The molecule has 1 fully saturated rings. The highest BCUT2D eigenvalue weighted by atomic mass is 16.4. The second kappa shape index (κ2) is 11.1. The van der Waals surface area contributed by atoms with Crippen LogP contribution in [0.1, 0.15) is 65.2 Å². The van der Waals surface area contributed by atoms with Gasteiger partial charge in [0.1, 0.15) is 0 Å². The molecule has 1 aliphatic rings. The van der Waals surface area contributed by atoms with Crippen molar-refractivity contribution in [2.75, 3.05) is 0 Å². The first-order valence-electron chi connectivity index (χ1n) is 9.22. The number of aliphatic hydroxyl groups excluding tert-OH is 1. The molecule has 25 heavy (non-hydrogen) atoms. The molecule has 0 aromatic rings. The Labute approximate surface area is 151 Å². The van der Waals surface area contributed by atoms with Gasteiger partial charge in [0.15, 0.2) is 0 Å². The minimum absolute atomic E-state index is 0.165. The predicted octanol–water partition coefficient (Wildman–Crippen LogP) is 3.69. The van der Waals surface area contributed by atoms with E-state index in [2.05, 4.69) is 24.0 Å². The summed E-state index contributed by atoms with van der Waals surface area (Å²) >= 11 is 0. The van der Waals surface area contributed by atoms with Gasteiger partial charge in [-0.2, -0.15) is 0 Å². The Morgan fingerprint density at radius 2 is 2.08 bits per heavy atom. The summed E-state index contributed by atoms with van der Waals surface area (Å²) in [5.74, 6) is 5.47. The summed E-state index contributed by atoms with van der Waals surface area (Å²) < 4.78 is 0. The molecule has 0 spiro atoms. The van der Waals surface area contributed by atoms with E-state index in [4.69, 9.17) is 5.11 Å². The maximum absolute atomic E-state index is 10.5. The summed E-state index contributed by atoms with van der Waals surface area (Å²) in [6, 6.07) is 0. The average molecular weight is 348 g/mol. The Bertz CT molecular complexity index is 522. The fraction of sp³-hybridized carbons (Fsp3) is 0.667. The number of hydrogen-bond acceptors (Lipinski definition) is 3. The molecule has 1 saturated carbocycles. The van der Waals surface area contributed by atoms with E-state index in [-0.39, 0.29) is 24.4 Å². The first-order valence-corrected chi connectivity index (χ1v) is 9.22. The van der Waals surface area contributed by atoms with Crippen molar-refractivity contribution in [1.82, 2.24) is 0 Å². The summed E-state index contributed by atoms with van der Waals surface area (Å²) in [4.78, 5) is 10.5. The van der Waals surface area contributed by atoms with E-state index in [0.29, 0.717) is 19.3 Å². The van der Waals surface area contributed by atoms with Gasteiger partial charge in [-0.1, -0.05) is 24.3 Å². The summed E-state index contributed by atoms with van der Waals surface area (Å²) in [5, 5.41) is 29.2. The average Bonchev–Trinajstić information content (AvgIpc) is 2.89. The Balaban J connectivity index is 2.49. The lowest BCUT2D eigenvalue weighted by Gasteiger charge is -2.21. The van der Waals surface area contributed by atoms with Gasteiger partial charge in [0.25, 0.3) is 0 Å². The normalized spacial score (nSPS) is 25.8. The molecule has 0 saturated heterocycles. The zero-order valence-corrected chi connectivity index (χ0v) is 15.4. The molecule has 4 atom stereocenters. The standard InChI is InChI=1S/C21H32O4/c1-3-4-9-15-21(2,25)16-14-17-12-13-19(22)18(17)10-7-5-6-8-11-20(23)24/h5,7,14,16-19,22,25H,6,8-13,15H2,1-2H3,(H,23,24)/b7-5-,16-14+/t17-,18-,19+,21?/m1/s1. The van der Waals surface area contributed by atoms with Crippen LogP contribution >= 0.6 is 0 Å². The number of carbonyl (C=O) groups is 1. The summed E-state index contributed by atoms with van der Waals surface area (Å²) in [6.07, 6.45) is 13.0. The Kier molecular flexibility index (Phi) is 9.55. The highest BCUT2D eigenvalue weighted by molar-refractivity contribution is 5.66. The molecule has 0 radical (unpaired) electrons. The SMILES string of the molecule is CC#CCCC(C)(O)/C=C/[C@H]1CC[C@H](O)[C@@H]1C/C=C\CCCC(=O)O. The molecule has 0 aliphatic heterocycles. The summed E-state index contributed by atoms with van der Waals surface area (Å²) in [6.45, 7) is 3.59. The van der Waals surface area contributed by atoms with Crippen molar-refractivity contribution < 1.29 is 20.1 Å². The van der Waals surface area contributed by atoms with Gasteiger partial charge in [0, 0.05) is 12.8 Å². The molecule has 0 amide bonds. The first kappa shape index (κ1) is 21.5. The van der Waals surface area contributed by atoms with E-state index in [1.54, 1.807) is 13.8 Å². The molecule has 0 bridgehead atoms. The van der Waals surface area contributed by atoms with Crippen LogP contribution in [0.5, 0.6) is 0 Å². The number of aliphatic carboxylic acids is 1. The van der Waals surface area contributed by atoms with Crippen LogP contribution in [0.2, 0.25) is 0 Å². The zero-order chi connectivity index (χ0) is 18.7. The minimum atomic E-state index is -0.866. The van der Waals surface area contributed by atoms with Crippen LogP contribution in [0, 0.1) is 23.7 Å². The molecule has 3 N–H and O–H groups in total. The number of hydrogen-bond donors (Lipinski definition) is 3. The lowest BCUT2D eigenvalue weighted by atomic mass is 9.89. The van der Waals surface area contributed by atoms with Crippen molar-refractivity contribution >= 4 is 5.97 Å². The number of rotatable bonds is 10. The molecule has 140 valence electrons. The van der Waals surface area contributed by atoms with Crippen LogP contribution in [0.25, 0.3) is 0 Å². The Hall–Kier alpha value is -1.57. The number of carboxylic acids is 1. The molecule has 0 aromatic heterocycles. The van der Waals surface area contributed by atoms with Gasteiger partial charge in [0.2, 0.25) is 0 Å². The highest BCUT2D eigenvalue weighted by Crippen LogP contribution is 2.36. The van der Waals surface area contributed by atoms with Gasteiger partial charge in [-0.15, -0.1) is 11.8 Å². The molecular formula is C21H32O4. The van der Waals surface area contributed by atoms with E-state index in [9.17, 15) is 15.0 Å². The van der Waals surface area contributed by atoms with Crippen molar-refractivity contribution in [1.29, 1.82) is 0 Å². The third-order valence-electron chi connectivity index (χ3n) is 4.81. The molecule has 4 heteroatoms. The lowest BCUT2D eigenvalue weighted by Crippen LogP contribution is -2.22. The molecule has 4 nitrogen and oxygen atoms in total. The van der Waals surface area contributed by atoms with Crippen LogP contribution in [-0.2, 0) is 4.79 Å². The lowest BCUT2D eigenvalue weighted by molar-refractivity contribution is -0.137. The summed E-state index contributed by atoms with van der Waals surface area (Å²) in [5.41, 5.74) is -0.866. The zero-order valence-electron chi connectivity index (χ0n) is 15.4. The number of aliphatic hydroxyl groups is 2. The van der Waals surface area contributed by atoms with E-state index < -0.39 is 11.6 Å². The number of unbranched alkanes of at least 4 members (excludes halogenated alkanes) is 1. The fourth-order valence-corrected chi connectivity index (χ4v) is 3.24. The molecule has 1 unspecified atom stereocenters. The molecular weight excluding hydrogens is 316 g/mol. The number of carboxylic acid groups (broad SMARTS) is 1. The summed E-state index contributed by atoms with van der Waals surface area (Å²) in [7, 11) is 0. The van der Waals surface area contributed by atoms with Gasteiger partial charge < -0.3 is 15.3 Å². The van der Waals surface area contributed by atoms with Crippen LogP contribution in [0.15, 0.2) is 24.3 Å². The Morgan fingerprint density at radius 1 is 1.32 bits per heavy atom. The molecule has 0 heterocycles. The van der Waals surface area contributed by atoms with Crippen LogP contribution in [0.4, 0.5) is 0 Å². The monoisotopic (exact) mass is 348 g/mol. The first-order chi connectivity index (χ1) is 11.9. The third kappa shape index (κ3) is 8.90. The van der Waals surface area contributed by atoms with Gasteiger partial charge in [-0.3, -0.25) is 4.79 Å². The largest absolute Gasteiger partial charge is 0.481 e. The van der Waals surface area contributed by atoms with Gasteiger partial charge in [0.05, 0.1) is 11.7 Å². The van der Waals surface area contributed by atoms with Crippen LogP contribution in [-0.4, -0.2) is 33.0 Å². The molecule has 1 aliphatic carbocycles.